The molecule has 1 N–H and O–H groups in total. The molecule has 2 aromatic carbocycles. The quantitative estimate of drug-likeness (QED) is 0.739. The minimum atomic E-state index is -4.49. The molecule has 1 heterocycles. The van der Waals surface area contributed by atoms with Crippen molar-refractivity contribution in [2.45, 2.75) is 12.7 Å². The smallest absolute Gasteiger partial charge is 0.416 e. The van der Waals surface area contributed by atoms with Gasteiger partial charge in [-0.1, -0.05) is 18.2 Å². The molecule has 3 aromatic rings. The molecule has 140 valence electrons. The average Bonchev–Trinajstić information content (AvgIpc) is 3.09. The van der Waals surface area contributed by atoms with Gasteiger partial charge >= 0.3 is 6.18 Å². The summed E-state index contributed by atoms with van der Waals surface area (Å²) in [6.07, 6.45) is -4.49. The van der Waals surface area contributed by atoms with Crippen molar-refractivity contribution in [3.63, 3.8) is 0 Å². The molecule has 7 nitrogen and oxygen atoms in total. The molecule has 10 heteroatoms. The molecule has 0 spiro atoms. The Labute approximate surface area is 151 Å². The van der Waals surface area contributed by atoms with E-state index >= 15 is 0 Å². The maximum Gasteiger partial charge on any atom is 0.416 e. The van der Waals surface area contributed by atoms with Crippen LogP contribution in [0, 0.1) is 0 Å². The molecule has 0 bridgehead atoms. The summed E-state index contributed by atoms with van der Waals surface area (Å²) in [6, 6.07) is 11.3. The van der Waals surface area contributed by atoms with E-state index in [9.17, 15) is 18.0 Å². The molecule has 1 aromatic heterocycles. The molecular weight excluding hydrogens is 363 g/mol. The minimum Gasteiger partial charge on any atom is -0.497 e. The van der Waals surface area contributed by atoms with Crippen LogP contribution in [0.1, 0.15) is 5.56 Å². The van der Waals surface area contributed by atoms with Crippen molar-refractivity contribution >= 4 is 11.6 Å². The molecule has 0 aliphatic rings. The van der Waals surface area contributed by atoms with Crippen molar-refractivity contribution in [3.8, 4) is 17.1 Å². The maximum atomic E-state index is 12.7. The van der Waals surface area contributed by atoms with E-state index < -0.39 is 17.6 Å². The molecule has 0 fully saturated rings. The lowest BCUT2D eigenvalue weighted by Crippen LogP contribution is -2.20. The highest BCUT2D eigenvalue weighted by Gasteiger charge is 2.30. The number of nitrogens with zero attached hydrogens (tertiary/aromatic N) is 4. The summed E-state index contributed by atoms with van der Waals surface area (Å²) in [5, 5.41) is 14.1. The Bertz CT molecular complexity index is 955. The third kappa shape index (κ3) is 4.60. The van der Waals surface area contributed by atoms with Crippen LogP contribution in [0.3, 0.4) is 0 Å². The molecule has 1 amide bonds. The molecule has 27 heavy (non-hydrogen) atoms. The van der Waals surface area contributed by atoms with Crippen molar-refractivity contribution in [3.05, 3.63) is 54.1 Å². The lowest BCUT2D eigenvalue weighted by Gasteiger charge is -2.09. The summed E-state index contributed by atoms with van der Waals surface area (Å²) >= 11 is 0. The van der Waals surface area contributed by atoms with Gasteiger partial charge in [-0.05, 0) is 35.5 Å². The molecule has 0 radical (unpaired) electrons. The van der Waals surface area contributed by atoms with Gasteiger partial charge in [-0.15, -0.1) is 10.2 Å². The molecule has 0 saturated carbocycles. The Kier molecular flexibility index (Phi) is 5.06. The van der Waals surface area contributed by atoms with Crippen molar-refractivity contribution in [2.24, 2.45) is 0 Å². The number of alkyl halides is 3. The SMILES string of the molecule is COc1cccc(-c2nnn(CC(=O)Nc3cccc(C(F)(F)F)c3)n2)c1. The zero-order valence-corrected chi connectivity index (χ0v) is 14.1. The molecule has 0 atom stereocenters. The molecular formula is C17H14F3N5O2. The Morgan fingerprint density at radius 1 is 1.19 bits per heavy atom. The second-order valence-electron chi connectivity index (χ2n) is 5.50. The van der Waals surface area contributed by atoms with Crippen LogP contribution in [0.2, 0.25) is 0 Å². The number of nitrogens with one attached hydrogen (secondary N) is 1. The van der Waals surface area contributed by atoms with Crippen LogP contribution in [-0.2, 0) is 17.5 Å². The van der Waals surface area contributed by atoms with Crippen LogP contribution < -0.4 is 10.1 Å². The highest BCUT2D eigenvalue weighted by atomic mass is 19.4. The van der Waals surface area contributed by atoms with Crippen LogP contribution in [0.15, 0.2) is 48.5 Å². The van der Waals surface area contributed by atoms with Gasteiger partial charge in [0.05, 0.1) is 12.7 Å². The number of halogens is 3. The first kappa shape index (κ1) is 18.4. The van der Waals surface area contributed by atoms with Gasteiger partial charge in [-0.3, -0.25) is 4.79 Å². The van der Waals surface area contributed by atoms with Crippen molar-refractivity contribution < 1.29 is 22.7 Å². The fourth-order valence-corrected chi connectivity index (χ4v) is 2.29. The Hall–Kier alpha value is -3.43. The summed E-state index contributed by atoms with van der Waals surface area (Å²) in [7, 11) is 1.53. The number of hydrogen-bond donors (Lipinski definition) is 1. The van der Waals surface area contributed by atoms with E-state index in [4.69, 9.17) is 4.74 Å². The third-order valence-corrected chi connectivity index (χ3v) is 3.54. The number of amides is 1. The van der Waals surface area contributed by atoms with Gasteiger partial charge in [0.15, 0.2) is 0 Å². The Morgan fingerprint density at radius 3 is 2.70 bits per heavy atom. The predicted octanol–water partition coefficient (Wildman–Crippen LogP) is 3.01. The number of tetrazole rings is 1. The Morgan fingerprint density at radius 2 is 1.96 bits per heavy atom. The lowest BCUT2D eigenvalue weighted by atomic mass is 10.2. The first-order valence-corrected chi connectivity index (χ1v) is 7.74. The van der Waals surface area contributed by atoms with E-state index in [1.54, 1.807) is 24.3 Å². The zero-order chi connectivity index (χ0) is 19.4. The fourth-order valence-electron chi connectivity index (χ4n) is 2.29. The van der Waals surface area contributed by atoms with Gasteiger partial charge in [0.2, 0.25) is 11.7 Å². The number of carbonyl (C=O) groups is 1. The van der Waals surface area contributed by atoms with Gasteiger partial charge in [0.25, 0.3) is 0 Å². The van der Waals surface area contributed by atoms with E-state index in [1.807, 2.05) is 0 Å². The number of ether oxygens (including phenoxy) is 1. The van der Waals surface area contributed by atoms with Gasteiger partial charge in [0, 0.05) is 11.3 Å². The zero-order valence-electron chi connectivity index (χ0n) is 14.1. The highest BCUT2D eigenvalue weighted by molar-refractivity contribution is 5.90. The second-order valence-corrected chi connectivity index (χ2v) is 5.50. The van der Waals surface area contributed by atoms with Gasteiger partial charge in [-0.25, -0.2) is 0 Å². The third-order valence-electron chi connectivity index (χ3n) is 3.54. The molecule has 0 saturated heterocycles. The number of methoxy groups -OCH3 is 1. The maximum absolute atomic E-state index is 12.7. The van der Waals surface area contributed by atoms with Crippen LogP contribution in [0.5, 0.6) is 5.75 Å². The summed E-state index contributed by atoms with van der Waals surface area (Å²) in [5.41, 5.74) is -0.165. The van der Waals surface area contributed by atoms with Crippen molar-refractivity contribution in [1.29, 1.82) is 0 Å². The molecule has 0 aliphatic heterocycles. The van der Waals surface area contributed by atoms with Gasteiger partial charge < -0.3 is 10.1 Å². The van der Waals surface area contributed by atoms with Crippen molar-refractivity contribution in [2.75, 3.05) is 12.4 Å². The number of benzene rings is 2. The highest BCUT2D eigenvalue weighted by Crippen LogP contribution is 2.30. The van der Waals surface area contributed by atoms with Crippen molar-refractivity contribution in [1.82, 2.24) is 20.2 Å². The molecule has 3 rings (SSSR count). The monoisotopic (exact) mass is 377 g/mol. The number of rotatable bonds is 5. The normalized spacial score (nSPS) is 11.3. The first-order chi connectivity index (χ1) is 12.8. The van der Waals surface area contributed by atoms with Crippen LogP contribution in [0.4, 0.5) is 18.9 Å². The second kappa shape index (κ2) is 7.44. The topological polar surface area (TPSA) is 81.9 Å². The van der Waals surface area contributed by atoms with Crippen LogP contribution in [-0.4, -0.2) is 33.2 Å². The number of anilines is 1. The summed E-state index contributed by atoms with van der Waals surface area (Å²) in [6.45, 7) is -0.298. The predicted molar refractivity (Wildman–Crippen MR) is 89.9 cm³/mol. The van der Waals surface area contributed by atoms with E-state index in [-0.39, 0.29) is 12.2 Å². The lowest BCUT2D eigenvalue weighted by molar-refractivity contribution is -0.137. The summed E-state index contributed by atoms with van der Waals surface area (Å²) in [5.74, 6) is 0.329. The van der Waals surface area contributed by atoms with E-state index in [0.717, 1.165) is 16.9 Å². The van der Waals surface area contributed by atoms with Gasteiger partial charge in [-0.2, -0.15) is 18.0 Å². The summed E-state index contributed by atoms with van der Waals surface area (Å²) < 4.78 is 43.3. The number of carbonyl (C=O) groups excluding carboxylic acids is 1. The molecule has 0 unspecified atom stereocenters. The molecule has 0 aliphatic carbocycles. The standard InChI is InChI=1S/C17H14F3N5O2/c1-27-14-7-2-4-11(8-14)16-22-24-25(23-16)10-15(26)21-13-6-3-5-12(9-13)17(18,19)20/h2-9H,10H2,1H3,(H,21,26). The fraction of sp³-hybridized carbons (Fsp3) is 0.176. The number of hydrogen-bond acceptors (Lipinski definition) is 5. The summed E-state index contributed by atoms with van der Waals surface area (Å²) in [4.78, 5) is 13.1. The average molecular weight is 377 g/mol. The van der Waals surface area contributed by atoms with Gasteiger partial charge in [0.1, 0.15) is 12.3 Å². The minimum absolute atomic E-state index is 0.0305. The van der Waals surface area contributed by atoms with E-state index in [0.29, 0.717) is 17.1 Å². The Balaban J connectivity index is 1.68. The van der Waals surface area contributed by atoms with Crippen LogP contribution in [0.25, 0.3) is 11.4 Å². The van der Waals surface area contributed by atoms with E-state index in [1.165, 1.54) is 19.2 Å². The number of aromatic nitrogens is 4. The first-order valence-electron chi connectivity index (χ1n) is 7.74. The van der Waals surface area contributed by atoms with Crippen LogP contribution >= 0.6 is 0 Å². The van der Waals surface area contributed by atoms with E-state index in [2.05, 4.69) is 20.7 Å². The largest absolute Gasteiger partial charge is 0.497 e.